The molecule has 35 heavy (non-hydrogen) atoms. The fraction of sp³-hybridized carbons (Fsp3) is 0.258. The number of carboxylic acid groups (broad SMARTS) is 1. The topological polar surface area (TPSA) is 46.5 Å². The van der Waals surface area contributed by atoms with Crippen LogP contribution in [-0.4, -0.2) is 11.1 Å². The summed E-state index contributed by atoms with van der Waals surface area (Å²) in [4.78, 5) is 11.1. The molecule has 0 aliphatic carbocycles. The van der Waals surface area contributed by atoms with Gasteiger partial charge < -0.3 is 9.84 Å². The summed E-state index contributed by atoms with van der Waals surface area (Å²) in [5.41, 5.74) is 7.03. The third kappa shape index (κ3) is 6.32. The second kappa shape index (κ2) is 12.2. The van der Waals surface area contributed by atoms with Gasteiger partial charge in [-0.2, -0.15) is 0 Å². The van der Waals surface area contributed by atoms with E-state index in [1.807, 2.05) is 44.2 Å². The third-order valence-electron chi connectivity index (χ3n) is 5.78. The highest BCUT2D eigenvalue weighted by molar-refractivity contribution is 7.17. The number of aryl methyl sites for hydroxylation is 2. The van der Waals surface area contributed by atoms with Gasteiger partial charge in [0.15, 0.2) is 0 Å². The lowest BCUT2D eigenvalue weighted by molar-refractivity contribution is -0.137. The number of hydrogen-bond acceptors (Lipinski definition) is 3. The van der Waals surface area contributed by atoms with Crippen LogP contribution in [0.5, 0.6) is 5.75 Å². The van der Waals surface area contributed by atoms with Gasteiger partial charge in [0, 0.05) is 15.6 Å². The van der Waals surface area contributed by atoms with Crippen LogP contribution >= 0.6 is 11.3 Å². The standard InChI is InChI=1S/C29H26O3S.C2H6/c1-4-6-23(15-28(30)31)22-11-9-21(10-12-22)17-32-24-13-14-27-25(16-24)26(18-33-27)29-19(2)7-5-8-20(29)3;1-2/h5,7-14,16,18,23H,15,17H2,1-3H3,(H,30,31);1-2H3. The van der Waals surface area contributed by atoms with Crippen molar-refractivity contribution in [3.8, 4) is 28.7 Å². The smallest absolute Gasteiger partial charge is 0.304 e. The normalized spacial score (nSPS) is 11.1. The molecule has 0 radical (unpaired) electrons. The lowest BCUT2D eigenvalue weighted by atomic mass is 9.95. The molecule has 3 aromatic carbocycles. The van der Waals surface area contributed by atoms with Crippen molar-refractivity contribution < 1.29 is 14.6 Å². The van der Waals surface area contributed by atoms with Crippen LogP contribution < -0.4 is 4.74 Å². The summed E-state index contributed by atoms with van der Waals surface area (Å²) in [6, 6.07) is 20.5. The second-order valence-corrected chi connectivity index (χ2v) is 9.06. The molecular weight excluding hydrogens is 452 g/mol. The molecule has 0 spiro atoms. The van der Waals surface area contributed by atoms with Crippen LogP contribution in [0.1, 0.15) is 55.4 Å². The highest BCUT2D eigenvalue weighted by Gasteiger charge is 2.14. The molecule has 180 valence electrons. The van der Waals surface area contributed by atoms with E-state index in [1.165, 1.54) is 32.3 Å². The second-order valence-electron chi connectivity index (χ2n) is 8.15. The Balaban J connectivity index is 0.00000167. The monoisotopic (exact) mass is 484 g/mol. The van der Waals surface area contributed by atoms with Crippen molar-refractivity contribution in [1.82, 2.24) is 0 Å². The molecule has 0 aliphatic rings. The van der Waals surface area contributed by atoms with Crippen LogP contribution in [0.25, 0.3) is 21.2 Å². The molecule has 0 amide bonds. The van der Waals surface area contributed by atoms with Gasteiger partial charge in [-0.05, 0) is 72.2 Å². The van der Waals surface area contributed by atoms with E-state index in [0.717, 1.165) is 16.9 Å². The van der Waals surface area contributed by atoms with E-state index in [-0.39, 0.29) is 12.3 Å². The molecule has 0 bridgehead atoms. The first-order valence-electron chi connectivity index (χ1n) is 11.9. The average Bonchev–Trinajstić information content (AvgIpc) is 3.27. The van der Waals surface area contributed by atoms with E-state index in [9.17, 15) is 4.79 Å². The van der Waals surface area contributed by atoms with Crippen molar-refractivity contribution in [2.45, 2.75) is 53.6 Å². The largest absolute Gasteiger partial charge is 0.489 e. The fourth-order valence-corrected chi connectivity index (χ4v) is 5.08. The maximum atomic E-state index is 11.1. The van der Waals surface area contributed by atoms with Crippen molar-refractivity contribution in [2.24, 2.45) is 0 Å². The zero-order valence-electron chi connectivity index (χ0n) is 21.0. The summed E-state index contributed by atoms with van der Waals surface area (Å²) < 4.78 is 7.36. The van der Waals surface area contributed by atoms with Crippen LogP contribution in [0.3, 0.4) is 0 Å². The summed E-state index contributed by atoms with van der Waals surface area (Å²) in [5, 5.41) is 12.6. The van der Waals surface area contributed by atoms with Gasteiger partial charge in [0.2, 0.25) is 0 Å². The SMILES string of the molecule is CC.CC#CC(CC(=O)O)c1ccc(COc2ccc3scc(-c4c(C)cccc4C)c3c2)cc1. The minimum Gasteiger partial charge on any atom is -0.489 e. The molecule has 0 saturated heterocycles. The minimum absolute atomic E-state index is 0.0000377. The first-order valence-corrected chi connectivity index (χ1v) is 12.8. The predicted molar refractivity (Wildman–Crippen MR) is 147 cm³/mol. The Bertz CT molecular complexity index is 1330. The van der Waals surface area contributed by atoms with E-state index >= 15 is 0 Å². The maximum absolute atomic E-state index is 11.1. The van der Waals surface area contributed by atoms with E-state index in [1.54, 1.807) is 18.3 Å². The van der Waals surface area contributed by atoms with E-state index in [2.05, 4.69) is 61.4 Å². The van der Waals surface area contributed by atoms with Gasteiger partial charge in [0.25, 0.3) is 0 Å². The minimum atomic E-state index is -0.848. The van der Waals surface area contributed by atoms with Crippen molar-refractivity contribution >= 4 is 27.4 Å². The van der Waals surface area contributed by atoms with Crippen molar-refractivity contribution in [3.63, 3.8) is 0 Å². The number of aliphatic carboxylic acids is 1. The third-order valence-corrected chi connectivity index (χ3v) is 6.74. The van der Waals surface area contributed by atoms with Crippen LogP contribution in [0.15, 0.2) is 66.0 Å². The lowest BCUT2D eigenvalue weighted by Crippen LogP contribution is -2.05. The van der Waals surface area contributed by atoms with Crippen LogP contribution in [-0.2, 0) is 11.4 Å². The summed E-state index contributed by atoms with van der Waals surface area (Å²) in [7, 11) is 0. The molecule has 1 heterocycles. The Labute approximate surface area is 212 Å². The number of carboxylic acids is 1. The highest BCUT2D eigenvalue weighted by Crippen LogP contribution is 2.39. The van der Waals surface area contributed by atoms with E-state index < -0.39 is 5.97 Å². The molecule has 4 heteroatoms. The first-order chi connectivity index (χ1) is 17.0. The molecule has 4 aromatic rings. The summed E-state index contributed by atoms with van der Waals surface area (Å²) in [5.74, 6) is 5.50. The van der Waals surface area contributed by atoms with Gasteiger partial charge in [-0.15, -0.1) is 17.3 Å². The lowest BCUT2D eigenvalue weighted by Gasteiger charge is -2.12. The molecule has 1 aromatic heterocycles. The zero-order valence-corrected chi connectivity index (χ0v) is 21.8. The van der Waals surface area contributed by atoms with Crippen LogP contribution in [0.2, 0.25) is 0 Å². The summed E-state index contributed by atoms with van der Waals surface area (Å²) in [6.07, 6.45) is 0.0000377. The molecule has 1 N–H and O–H groups in total. The average molecular weight is 485 g/mol. The Kier molecular flexibility index (Phi) is 9.11. The molecule has 1 unspecified atom stereocenters. The number of thiophene rings is 1. The number of carbonyl (C=O) groups is 1. The van der Waals surface area contributed by atoms with Crippen molar-refractivity contribution in [3.05, 3.63) is 88.3 Å². The van der Waals surface area contributed by atoms with Crippen LogP contribution in [0, 0.1) is 25.7 Å². The maximum Gasteiger partial charge on any atom is 0.304 e. The molecule has 0 aliphatic heterocycles. The van der Waals surface area contributed by atoms with Gasteiger partial charge in [0.05, 0.1) is 12.3 Å². The number of benzene rings is 3. The molecule has 0 saturated carbocycles. The summed E-state index contributed by atoms with van der Waals surface area (Å²) >= 11 is 1.75. The Morgan fingerprint density at radius 1 is 1.03 bits per heavy atom. The number of ether oxygens (including phenoxy) is 1. The Morgan fingerprint density at radius 3 is 2.34 bits per heavy atom. The number of fused-ring (bicyclic) bond motifs is 1. The highest BCUT2D eigenvalue weighted by atomic mass is 32.1. The molecular formula is C31H32O3S. The molecule has 1 atom stereocenters. The molecule has 4 rings (SSSR count). The molecule has 0 fully saturated rings. The van der Waals surface area contributed by atoms with Gasteiger partial charge in [-0.1, -0.05) is 62.2 Å². The van der Waals surface area contributed by atoms with E-state index in [0.29, 0.717) is 6.61 Å². The Morgan fingerprint density at radius 2 is 1.71 bits per heavy atom. The summed E-state index contributed by atoms with van der Waals surface area (Å²) in [6.45, 7) is 10.5. The van der Waals surface area contributed by atoms with Crippen molar-refractivity contribution in [2.75, 3.05) is 0 Å². The molecule has 3 nitrogen and oxygen atoms in total. The number of rotatable bonds is 7. The van der Waals surface area contributed by atoms with Gasteiger partial charge in [0.1, 0.15) is 12.4 Å². The van der Waals surface area contributed by atoms with E-state index in [4.69, 9.17) is 9.84 Å². The first kappa shape index (κ1) is 26.1. The van der Waals surface area contributed by atoms with Gasteiger partial charge in [-0.3, -0.25) is 4.79 Å². The Hall–Kier alpha value is -3.55. The van der Waals surface area contributed by atoms with Crippen LogP contribution in [0.4, 0.5) is 0 Å². The quantitative estimate of drug-likeness (QED) is 0.268. The predicted octanol–water partition coefficient (Wildman–Crippen LogP) is 8.37. The van der Waals surface area contributed by atoms with Crippen molar-refractivity contribution in [1.29, 1.82) is 0 Å². The fourth-order valence-electron chi connectivity index (χ4n) is 4.14. The zero-order chi connectivity index (χ0) is 25.4. The van der Waals surface area contributed by atoms with Gasteiger partial charge >= 0.3 is 5.97 Å². The van der Waals surface area contributed by atoms with Gasteiger partial charge in [-0.25, -0.2) is 0 Å². The number of hydrogen-bond donors (Lipinski definition) is 1.